The van der Waals surface area contributed by atoms with Crippen LogP contribution in [0.4, 0.5) is 0 Å². The number of hydrogen-bond donors (Lipinski definition) is 2. The molecule has 1 aromatic rings. The van der Waals surface area contributed by atoms with Crippen LogP contribution in [0, 0.1) is 6.92 Å². The zero-order valence-corrected chi connectivity index (χ0v) is 10.9. The van der Waals surface area contributed by atoms with Crippen LogP contribution in [0.25, 0.3) is 0 Å². The molecule has 1 aliphatic rings. The minimum Gasteiger partial charge on any atom is -0.493 e. The fourth-order valence-electron chi connectivity index (χ4n) is 2.54. The average molecular weight is 234 g/mol. The highest BCUT2D eigenvalue weighted by Crippen LogP contribution is 2.39. The fraction of sp³-hybridized carbons (Fsp3) is 0.571. The minimum absolute atomic E-state index is 0.214. The number of hydrazine groups is 1. The van der Waals surface area contributed by atoms with Crippen LogP contribution in [0.3, 0.4) is 0 Å². The van der Waals surface area contributed by atoms with Crippen molar-refractivity contribution in [2.24, 2.45) is 5.84 Å². The topological polar surface area (TPSA) is 47.3 Å². The van der Waals surface area contributed by atoms with Crippen molar-refractivity contribution in [1.82, 2.24) is 5.43 Å². The SMILES string of the molecule is Cc1ccc(C(C)C)c2c1C(NN)CCCO2. The Morgan fingerprint density at radius 3 is 2.82 bits per heavy atom. The van der Waals surface area contributed by atoms with E-state index >= 15 is 0 Å². The maximum atomic E-state index is 5.96. The van der Waals surface area contributed by atoms with E-state index in [1.165, 1.54) is 16.7 Å². The number of nitrogens with one attached hydrogen (secondary N) is 1. The quantitative estimate of drug-likeness (QED) is 0.611. The number of nitrogens with two attached hydrogens (primary N) is 1. The number of rotatable bonds is 2. The van der Waals surface area contributed by atoms with Gasteiger partial charge in [-0.15, -0.1) is 0 Å². The summed E-state index contributed by atoms with van der Waals surface area (Å²) >= 11 is 0. The van der Waals surface area contributed by atoms with E-state index in [2.05, 4.69) is 38.3 Å². The number of ether oxygens (including phenoxy) is 1. The van der Waals surface area contributed by atoms with Crippen LogP contribution in [-0.2, 0) is 0 Å². The van der Waals surface area contributed by atoms with Crippen LogP contribution >= 0.6 is 0 Å². The van der Waals surface area contributed by atoms with Crippen LogP contribution in [0.15, 0.2) is 12.1 Å². The van der Waals surface area contributed by atoms with Gasteiger partial charge in [-0.3, -0.25) is 11.3 Å². The molecule has 3 N–H and O–H groups in total. The Labute approximate surface area is 103 Å². The van der Waals surface area contributed by atoms with E-state index in [0.717, 1.165) is 25.2 Å². The highest BCUT2D eigenvalue weighted by Gasteiger charge is 2.24. The molecule has 0 fully saturated rings. The summed E-state index contributed by atoms with van der Waals surface area (Å²) in [4.78, 5) is 0. The van der Waals surface area contributed by atoms with Crippen molar-refractivity contribution < 1.29 is 4.74 Å². The standard InChI is InChI=1S/C14H22N2O/c1-9(2)11-7-6-10(3)13-12(16-15)5-4-8-17-14(11)13/h6-7,9,12,16H,4-5,8,15H2,1-3H3. The Morgan fingerprint density at radius 2 is 2.18 bits per heavy atom. The molecule has 0 spiro atoms. The lowest BCUT2D eigenvalue weighted by Crippen LogP contribution is -2.28. The summed E-state index contributed by atoms with van der Waals surface area (Å²) in [6.45, 7) is 7.31. The maximum absolute atomic E-state index is 5.96. The molecule has 1 aliphatic heterocycles. The minimum atomic E-state index is 0.214. The molecule has 0 saturated heterocycles. The molecule has 0 radical (unpaired) electrons. The van der Waals surface area contributed by atoms with Crippen molar-refractivity contribution in [3.05, 3.63) is 28.8 Å². The smallest absolute Gasteiger partial charge is 0.127 e. The van der Waals surface area contributed by atoms with Gasteiger partial charge in [0.25, 0.3) is 0 Å². The van der Waals surface area contributed by atoms with E-state index in [4.69, 9.17) is 10.6 Å². The molecule has 3 heteroatoms. The molecule has 94 valence electrons. The molecule has 0 amide bonds. The van der Waals surface area contributed by atoms with Gasteiger partial charge in [-0.25, -0.2) is 0 Å². The van der Waals surface area contributed by atoms with Gasteiger partial charge in [-0.2, -0.15) is 0 Å². The van der Waals surface area contributed by atoms with E-state index in [-0.39, 0.29) is 6.04 Å². The highest BCUT2D eigenvalue weighted by atomic mass is 16.5. The van der Waals surface area contributed by atoms with Crippen LogP contribution in [0.2, 0.25) is 0 Å². The van der Waals surface area contributed by atoms with Crippen LogP contribution in [-0.4, -0.2) is 6.61 Å². The molecule has 0 aliphatic carbocycles. The lowest BCUT2D eigenvalue weighted by atomic mass is 9.91. The molecular weight excluding hydrogens is 212 g/mol. The van der Waals surface area contributed by atoms with Gasteiger partial charge in [0.15, 0.2) is 0 Å². The third-order valence-corrected chi connectivity index (χ3v) is 3.50. The predicted octanol–water partition coefficient (Wildman–Crippen LogP) is 2.80. The van der Waals surface area contributed by atoms with Gasteiger partial charge in [-0.05, 0) is 36.8 Å². The molecule has 0 bridgehead atoms. The van der Waals surface area contributed by atoms with Crippen LogP contribution in [0.5, 0.6) is 5.75 Å². The highest BCUT2D eigenvalue weighted by molar-refractivity contribution is 5.49. The summed E-state index contributed by atoms with van der Waals surface area (Å²) in [6.07, 6.45) is 2.08. The van der Waals surface area contributed by atoms with Gasteiger partial charge in [0, 0.05) is 5.56 Å². The largest absolute Gasteiger partial charge is 0.493 e. The van der Waals surface area contributed by atoms with Gasteiger partial charge in [0.05, 0.1) is 12.6 Å². The Hall–Kier alpha value is -1.06. The monoisotopic (exact) mass is 234 g/mol. The number of aryl methyl sites for hydroxylation is 1. The first kappa shape index (κ1) is 12.4. The molecule has 1 heterocycles. The van der Waals surface area contributed by atoms with Gasteiger partial charge in [0.1, 0.15) is 5.75 Å². The molecule has 17 heavy (non-hydrogen) atoms. The Morgan fingerprint density at radius 1 is 1.41 bits per heavy atom. The molecule has 3 nitrogen and oxygen atoms in total. The zero-order valence-electron chi connectivity index (χ0n) is 10.9. The van der Waals surface area contributed by atoms with E-state index in [0.29, 0.717) is 5.92 Å². The first-order chi connectivity index (χ1) is 8.15. The van der Waals surface area contributed by atoms with Crippen molar-refractivity contribution in [1.29, 1.82) is 0 Å². The third kappa shape index (κ3) is 2.31. The number of hydrogen-bond acceptors (Lipinski definition) is 3. The van der Waals surface area contributed by atoms with Gasteiger partial charge < -0.3 is 4.74 Å². The summed E-state index contributed by atoms with van der Waals surface area (Å²) in [6, 6.07) is 4.57. The van der Waals surface area contributed by atoms with Crippen molar-refractivity contribution in [3.63, 3.8) is 0 Å². The van der Waals surface area contributed by atoms with E-state index in [1.54, 1.807) is 0 Å². The van der Waals surface area contributed by atoms with Gasteiger partial charge in [-0.1, -0.05) is 26.0 Å². The summed E-state index contributed by atoms with van der Waals surface area (Å²) in [5.41, 5.74) is 6.72. The summed E-state index contributed by atoms with van der Waals surface area (Å²) in [5, 5.41) is 0. The second kappa shape index (κ2) is 5.07. The lowest BCUT2D eigenvalue weighted by Gasteiger charge is -2.21. The predicted molar refractivity (Wildman–Crippen MR) is 70.1 cm³/mol. The van der Waals surface area contributed by atoms with Gasteiger partial charge in [0.2, 0.25) is 0 Å². The van der Waals surface area contributed by atoms with Gasteiger partial charge >= 0.3 is 0 Å². The lowest BCUT2D eigenvalue weighted by molar-refractivity contribution is 0.311. The zero-order chi connectivity index (χ0) is 12.4. The van der Waals surface area contributed by atoms with Crippen molar-refractivity contribution in [2.45, 2.75) is 45.6 Å². The van der Waals surface area contributed by atoms with E-state index < -0.39 is 0 Å². The molecular formula is C14H22N2O. The molecule has 0 aromatic heterocycles. The second-order valence-corrected chi connectivity index (χ2v) is 5.08. The Bertz CT molecular complexity index is 401. The Kier molecular flexibility index (Phi) is 3.69. The first-order valence-electron chi connectivity index (χ1n) is 6.37. The number of benzene rings is 1. The average Bonchev–Trinajstić information content (AvgIpc) is 2.51. The van der Waals surface area contributed by atoms with E-state index in [1.807, 2.05) is 0 Å². The summed E-state index contributed by atoms with van der Waals surface area (Å²) in [7, 11) is 0. The first-order valence-corrected chi connectivity index (χ1v) is 6.37. The Balaban J connectivity index is 2.57. The van der Waals surface area contributed by atoms with Crippen molar-refractivity contribution >= 4 is 0 Å². The third-order valence-electron chi connectivity index (χ3n) is 3.50. The van der Waals surface area contributed by atoms with Crippen LogP contribution in [0.1, 0.15) is 55.3 Å². The second-order valence-electron chi connectivity index (χ2n) is 5.08. The summed E-state index contributed by atoms with van der Waals surface area (Å²) in [5.74, 6) is 7.21. The van der Waals surface area contributed by atoms with E-state index in [9.17, 15) is 0 Å². The molecule has 2 rings (SSSR count). The molecule has 0 saturated carbocycles. The summed E-state index contributed by atoms with van der Waals surface area (Å²) < 4.78 is 5.96. The normalized spacial score (nSPS) is 19.7. The maximum Gasteiger partial charge on any atom is 0.127 e. The molecule has 1 atom stereocenters. The van der Waals surface area contributed by atoms with Crippen molar-refractivity contribution in [3.8, 4) is 5.75 Å². The fourth-order valence-corrected chi connectivity index (χ4v) is 2.54. The van der Waals surface area contributed by atoms with Crippen LogP contribution < -0.4 is 16.0 Å². The van der Waals surface area contributed by atoms with Crippen molar-refractivity contribution in [2.75, 3.05) is 6.61 Å². The molecule has 1 aromatic carbocycles. The molecule has 1 unspecified atom stereocenters. The number of fused-ring (bicyclic) bond motifs is 1.